The van der Waals surface area contributed by atoms with Crippen molar-refractivity contribution in [2.24, 2.45) is 17.1 Å². The summed E-state index contributed by atoms with van der Waals surface area (Å²) in [6, 6.07) is 0. The molecule has 0 spiro atoms. The molecule has 0 aliphatic heterocycles. The molecule has 0 amide bonds. The van der Waals surface area contributed by atoms with Crippen molar-refractivity contribution in [3.63, 3.8) is 0 Å². The molecule has 1 nitrogen and oxygen atoms in total. The zero-order valence-corrected chi connectivity index (χ0v) is 7.69. The molecule has 11 heavy (non-hydrogen) atoms. The first-order chi connectivity index (χ1) is 5.02. The molecular formula is C10H19N. The Bertz CT molecular complexity index is 170. The summed E-state index contributed by atoms with van der Waals surface area (Å²) < 4.78 is 0. The molecule has 0 heterocycles. The molecule has 2 rings (SSSR count). The predicted molar refractivity (Wildman–Crippen MR) is 47.3 cm³/mol. The second-order valence-electron chi connectivity index (χ2n) is 5.35. The highest BCUT2D eigenvalue weighted by Crippen LogP contribution is 2.52. The molecule has 0 radical (unpaired) electrons. The normalized spacial score (nSPS) is 42.8. The highest BCUT2D eigenvalue weighted by atomic mass is 14.8. The van der Waals surface area contributed by atoms with Gasteiger partial charge in [0, 0.05) is 5.54 Å². The molecule has 2 saturated carbocycles. The quantitative estimate of drug-likeness (QED) is 0.614. The fraction of sp³-hybridized carbons (Fsp3) is 1.00. The van der Waals surface area contributed by atoms with Gasteiger partial charge in [-0.25, -0.2) is 0 Å². The van der Waals surface area contributed by atoms with Crippen LogP contribution in [0.15, 0.2) is 0 Å². The Labute approximate surface area is 69.4 Å². The minimum atomic E-state index is 0.240. The molecule has 0 aromatic rings. The van der Waals surface area contributed by atoms with Crippen LogP contribution in [0, 0.1) is 11.3 Å². The number of hydrogen-bond donors (Lipinski definition) is 1. The van der Waals surface area contributed by atoms with Crippen molar-refractivity contribution < 1.29 is 0 Å². The van der Waals surface area contributed by atoms with Gasteiger partial charge >= 0.3 is 0 Å². The topological polar surface area (TPSA) is 26.0 Å². The van der Waals surface area contributed by atoms with E-state index < -0.39 is 0 Å². The molecule has 1 atom stereocenters. The lowest BCUT2D eigenvalue weighted by molar-refractivity contribution is 0.312. The van der Waals surface area contributed by atoms with E-state index in [0.29, 0.717) is 5.41 Å². The predicted octanol–water partition coefficient (Wildman–Crippen LogP) is 2.30. The van der Waals surface area contributed by atoms with E-state index in [2.05, 4.69) is 13.8 Å². The van der Waals surface area contributed by atoms with Gasteiger partial charge in [0.05, 0.1) is 0 Å². The van der Waals surface area contributed by atoms with E-state index in [0.717, 1.165) is 5.92 Å². The maximum absolute atomic E-state index is 6.34. The number of rotatable bonds is 1. The van der Waals surface area contributed by atoms with Gasteiger partial charge in [-0.1, -0.05) is 13.8 Å². The average molecular weight is 153 g/mol. The lowest BCUT2D eigenvalue weighted by Crippen LogP contribution is -2.39. The first kappa shape index (κ1) is 7.60. The Morgan fingerprint density at radius 3 is 2.18 bits per heavy atom. The molecule has 1 unspecified atom stereocenters. The van der Waals surface area contributed by atoms with Gasteiger partial charge in [-0.3, -0.25) is 0 Å². The maximum atomic E-state index is 6.34. The standard InChI is InChI=1S/C10H19N/c1-9(2)5-6-10(11,7-9)8-3-4-8/h8H,3-7,11H2,1-2H3. The smallest absolute Gasteiger partial charge is 0.0188 e. The number of hydrogen-bond acceptors (Lipinski definition) is 1. The Morgan fingerprint density at radius 2 is 1.82 bits per heavy atom. The van der Waals surface area contributed by atoms with E-state index in [1.54, 1.807) is 0 Å². The largest absolute Gasteiger partial charge is 0.325 e. The summed E-state index contributed by atoms with van der Waals surface area (Å²) >= 11 is 0. The van der Waals surface area contributed by atoms with Crippen molar-refractivity contribution in [3.8, 4) is 0 Å². The zero-order chi connectivity index (χ0) is 8.11. The lowest BCUT2D eigenvalue weighted by Gasteiger charge is -2.26. The Morgan fingerprint density at radius 1 is 1.18 bits per heavy atom. The first-order valence-electron chi connectivity index (χ1n) is 4.81. The molecule has 0 bridgehead atoms. The molecule has 1 heteroatoms. The molecule has 2 N–H and O–H groups in total. The van der Waals surface area contributed by atoms with Gasteiger partial charge in [-0.2, -0.15) is 0 Å². The molecule has 64 valence electrons. The van der Waals surface area contributed by atoms with Crippen LogP contribution < -0.4 is 5.73 Å². The van der Waals surface area contributed by atoms with Crippen molar-refractivity contribution >= 4 is 0 Å². The molecule has 2 fully saturated rings. The van der Waals surface area contributed by atoms with Crippen molar-refractivity contribution in [1.29, 1.82) is 0 Å². The molecule has 2 aliphatic carbocycles. The van der Waals surface area contributed by atoms with E-state index in [1.165, 1.54) is 32.1 Å². The molecule has 2 aliphatic rings. The minimum Gasteiger partial charge on any atom is -0.325 e. The summed E-state index contributed by atoms with van der Waals surface area (Å²) in [5, 5.41) is 0. The maximum Gasteiger partial charge on any atom is 0.0188 e. The van der Waals surface area contributed by atoms with Crippen LogP contribution in [0.4, 0.5) is 0 Å². The third kappa shape index (κ3) is 1.31. The summed E-state index contributed by atoms with van der Waals surface area (Å²) in [7, 11) is 0. The lowest BCUT2D eigenvalue weighted by atomic mass is 9.86. The molecule has 0 aromatic heterocycles. The van der Waals surface area contributed by atoms with Crippen molar-refractivity contribution in [2.45, 2.75) is 51.5 Å². The van der Waals surface area contributed by atoms with Gasteiger partial charge in [0.25, 0.3) is 0 Å². The Balaban J connectivity index is 2.06. The van der Waals surface area contributed by atoms with E-state index >= 15 is 0 Å². The average Bonchev–Trinajstić information content (AvgIpc) is 2.61. The number of nitrogens with two attached hydrogens (primary N) is 1. The van der Waals surface area contributed by atoms with Crippen molar-refractivity contribution in [3.05, 3.63) is 0 Å². The summed E-state index contributed by atoms with van der Waals surface area (Å²) in [6.45, 7) is 4.70. The third-order valence-corrected chi connectivity index (χ3v) is 3.47. The monoisotopic (exact) mass is 153 g/mol. The second-order valence-corrected chi connectivity index (χ2v) is 5.35. The van der Waals surface area contributed by atoms with Crippen LogP contribution in [-0.4, -0.2) is 5.54 Å². The molecule has 0 saturated heterocycles. The van der Waals surface area contributed by atoms with Crippen LogP contribution in [0.5, 0.6) is 0 Å². The van der Waals surface area contributed by atoms with Crippen LogP contribution in [0.3, 0.4) is 0 Å². The summed E-state index contributed by atoms with van der Waals surface area (Å²) in [6.07, 6.45) is 6.65. The molecule has 0 aromatic carbocycles. The second kappa shape index (κ2) is 2.01. The van der Waals surface area contributed by atoms with Gasteiger partial charge in [0.1, 0.15) is 0 Å². The van der Waals surface area contributed by atoms with E-state index in [-0.39, 0.29) is 5.54 Å². The Hall–Kier alpha value is -0.0400. The van der Waals surface area contributed by atoms with Gasteiger partial charge in [-0.05, 0) is 43.4 Å². The van der Waals surface area contributed by atoms with Gasteiger partial charge in [0.15, 0.2) is 0 Å². The highest BCUT2D eigenvalue weighted by Gasteiger charge is 2.49. The van der Waals surface area contributed by atoms with E-state index in [1.807, 2.05) is 0 Å². The van der Waals surface area contributed by atoms with E-state index in [4.69, 9.17) is 5.73 Å². The summed E-state index contributed by atoms with van der Waals surface area (Å²) in [4.78, 5) is 0. The Kier molecular flexibility index (Phi) is 1.39. The van der Waals surface area contributed by atoms with Gasteiger partial charge in [0.2, 0.25) is 0 Å². The van der Waals surface area contributed by atoms with Crippen LogP contribution in [0.2, 0.25) is 0 Å². The van der Waals surface area contributed by atoms with Gasteiger partial charge < -0.3 is 5.73 Å². The molecular weight excluding hydrogens is 134 g/mol. The van der Waals surface area contributed by atoms with Crippen LogP contribution in [0.1, 0.15) is 46.0 Å². The van der Waals surface area contributed by atoms with E-state index in [9.17, 15) is 0 Å². The van der Waals surface area contributed by atoms with Crippen molar-refractivity contribution in [1.82, 2.24) is 0 Å². The first-order valence-corrected chi connectivity index (χ1v) is 4.81. The third-order valence-electron chi connectivity index (χ3n) is 3.47. The minimum absolute atomic E-state index is 0.240. The summed E-state index contributed by atoms with van der Waals surface area (Å²) in [5.74, 6) is 0.879. The zero-order valence-electron chi connectivity index (χ0n) is 7.69. The fourth-order valence-electron chi connectivity index (χ4n) is 2.65. The van der Waals surface area contributed by atoms with Gasteiger partial charge in [-0.15, -0.1) is 0 Å². The van der Waals surface area contributed by atoms with Crippen molar-refractivity contribution in [2.75, 3.05) is 0 Å². The highest BCUT2D eigenvalue weighted by molar-refractivity contribution is 5.05. The summed E-state index contributed by atoms with van der Waals surface area (Å²) in [5.41, 5.74) is 7.10. The van der Waals surface area contributed by atoms with Crippen LogP contribution >= 0.6 is 0 Å². The van der Waals surface area contributed by atoms with Crippen LogP contribution in [0.25, 0.3) is 0 Å². The SMILES string of the molecule is CC1(C)CCC(N)(C2CC2)C1. The van der Waals surface area contributed by atoms with Crippen LogP contribution in [-0.2, 0) is 0 Å². The fourth-order valence-corrected chi connectivity index (χ4v) is 2.65.